The van der Waals surface area contributed by atoms with Crippen LogP contribution in [0.25, 0.3) is 4.96 Å². The average molecular weight is 436 g/mol. The van der Waals surface area contributed by atoms with Crippen molar-refractivity contribution in [2.24, 2.45) is 0 Å². The molecule has 0 aliphatic heterocycles. The zero-order valence-electron chi connectivity index (χ0n) is 17.0. The Labute approximate surface area is 182 Å². The van der Waals surface area contributed by atoms with Crippen molar-refractivity contribution in [2.45, 2.75) is 20.0 Å². The minimum atomic E-state index is -0.226. The highest BCUT2D eigenvalue weighted by Crippen LogP contribution is 2.19. The number of anilines is 1. The summed E-state index contributed by atoms with van der Waals surface area (Å²) in [5.74, 6) is 1.07. The normalized spacial score (nSPS) is 10.8. The number of nitrogens with one attached hydrogen (secondary N) is 1. The van der Waals surface area contributed by atoms with E-state index in [2.05, 4.69) is 15.4 Å². The maximum atomic E-state index is 12.3. The molecule has 0 radical (unpaired) electrons. The quantitative estimate of drug-likeness (QED) is 0.476. The third-order valence-corrected chi connectivity index (χ3v) is 5.55. The Balaban J connectivity index is 1.38. The molecule has 0 atom stereocenters. The number of nitrogens with zero attached hydrogens (tertiary/aromatic N) is 3. The number of methoxy groups -OCH3 is 1. The van der Waals surface area contributed by atoms with Crippen molar-refractivity contribution in [1.82, 2.24) is 14.6 Å². The Morgan fingerprint density at radius 3 is 2.48 bits per heavy atom. The summed E-state index contributed by atoms with van der Waals surface area (Å²) in [6.45, 7) is 2.14. The lowest BCUT2D eigenvalue weighted by atomic mass is 10.2. The number of carbonyl (C=O) groups excluding carboxylic acids is 1. The minimum Gasteiger partial charge on any atom is -0.497 e. The second kappa shape index (κ2) is 8.97. The molecular weight excluding hydrogens is 416 g/mol. The van der Waals surface area contributed by atoms with Crippen molar-refractivity contribution in [2.75, 3.05) is 12.4 Å². The fraction of sp³-hybridized carbons (Fsp3) is 0.182. The van der Waals surface area contributed by atoms with E-state index in [9.17, 15) is 9.59 Å². The van der Waals surface area contributed by atoms with E-state index in [0.717, 1.165) is 11.4 Å². The zero-order chi connectivity index (χ0) is 21.8. The van der Waals surface area contributed by atoms with Gasteiger partial charge in [0.15, 0.2) is 0 Å². The SMILES string of the molecule is CCc1nn2c(=O)cc(COc3ccc(NC(=O)c4ccc(OC)cc4)cc3)nc2s1. The van der Waals surface area contributed by atoms with Crippen LogP contribution in [0.5, 0.6) is 11.5 Å². The van der Waals surface area contributed by atoms with Gasteiger partial charge < -0.3 is 14.8 Å². The number of hydrogen-bond acceptors (Lipinski definition) is 7. The van der Waals surface area contributed by atoms with Gasteiger partial charge in [0.05, 0.1) is 12.8 Å². The summed E-state index contributed by atoms with van der Waals surface area (Å²) < 4.78 is 12.2. The first-order valence-corrected chi connectivity index (χ1v) is 10.4. The molecule has 0 spiro atoms. The highest BCUT2D eigenvalue weighted by Gasteiger charge is 2.09. The summed E-state index contributed by atoms with van der Waals surface area (Å²) in [5.41, 5.74) is 1.48. The summed E-state index contributed by atoms with van der Waals surface area (Å²) in [5, 5.41) is 7.92. The summed E-state index contributed by atoms with van der Waals surface area (Å²) in [6.07, 6.45) is 0.751. The van der Waals surface area contributed by atoms with Crippen molar-refractivity contribution in [3.8, 4) is 11.5 Å². The summed E-state index contributed by atoms with van der Waals surface area (Å²) in [6, 6.07) is 15.3. The molecule has 31 heavy (non-hydrogen) atoms. The lowest BCUT2D eigenvalue weighted by Crippen LogP contribution is -2.16. The van der Waals surface area contributed by atoms with Crippen LogP contribution >= 0.6 is 11.3 Å². The van der Waals surface area contributed by atoms with E-state index in [1.54, 1.807) is 55.6 Å². The lowest BCUT2D eigenvalue weighted by Gasteiger charge is -2.08. The molecule has 4 rings (SSSR count). The Hall–Kier alpha value is -3.72. The fourth-order valence-corrected chi connectivity index (χ4v) is 3.71. The summed E-state index contributed by atoms with van der Waals surface area (Å²) >= 11 is 1.39. The zero-order valence-corrected chi connectivity index (χ0v) is 17.8. The predicted octanol–water partition coefficient (Wildman–Crippen LogP) is 3.55. The van der Waals surface area contributed by atoms with E-state index in [0.29, 0.717) is 33.4 Å². The molecule has 0 aliphatic carbocycles. The Bertz CT molecular complexity index is 1260. The van der Waals surface area contributed by atoms with E-state index in [1.807, 2.05) is 6.92 Å². The number of aryl methyl sites for hydroxylation is 1. The van der Waals surface area contributed by atoms with E-state index in [1.165, 1.54) is 21.9 Å². The van der Waals surface area contributed by atoms with Gasteiger partial charge in [0.1, 0.15) is 23.1 Å². The van der Waals surface area contributed by atoms with Crippen LogP contribution in [0, 0.1) is 0 Å². The Kier molecular flexibility index (Phi) is 5.94. The second-order valence-corrected chi connectivity index (χ2v) is 7.67. The number of carbonyl (C=O) groups is 1. The predicted molar refractivity (Wildman–Crippen MR) is 118 cm³/mol. The maximum Gasteiger partial charge on any atom is 0.275 e. The number of hydrogen-bond donors (Lipinski definition) is 1. The molecule has 1 amide bonds. The van der Waals surface area contributed by atoms with Gasteiger partial charge in [0.25, 0.3) is 11.5 Å². The molecule has 2 aromatic heterocycles. The molecular formula is C22H20N4O4S. The first-order valence-electron chi connectivity index (χ1n) is 9.62. The molecule has 0 saturated carbocycles. The van der Waals surface area contributed by atoms with Crippen LogP contribution < -0.4 is 20.3 Å². The molecule has 0 unspecified atom stereocenters. The van der Waals surface area contributed by atoms with Crippen molar-refractivity contribution >= 4 is 27.9 Å². The van der Waals surface area contributed by atoms with Crippen molar-refractivity contribution in [3.63, 3.8) is 0 Å². The van der Waals surface area contributed by atoms with Crippen LogP contribution in [0.1, 0.15) is 28.0 Å². The van der Waals surface area contributed by atoms with Crippen LogP contribution in [0.3, 0.4) is 0 Å². The second-order valence-electron chi connectivity index (χ2n) is 6.63. The molecule has 2 aromatic carbocycles. The molecule has 0 bridgehead atoms. The smallest absolute Gasteiger partial charge is 0.275 e. The van der Waals surface area contributed by atoms with Gasteiger partial charge in [-0.05, 0) is 55.0 Å². The van der Waals surface area contributed by atoms with Crippen LogP contribution in [-0.2, 0) is 13.0 Å². The van der Waals surface area contributed by atoms with Gasteiger partial charge in [-0.3, -0.25) is 9.59 Å². The van der Waals surface area contributed by atoms with Crippen LogP contribution in [0.15, 0.2) is 59.4 Å². The number of aromatic nitrogens is 3. The minimum absolute atomic E-state index is 0.155. The van der Waals surface area contributed by atoms with E-state index in [-0.39, 0.29) is 18.1 Å². The molecule has 9 heteroatoms. The van der Waals surface area contributed by atoms with E-state index < -0.39 is 0 Å². The van der Waals surface area contributed by atoms with Crippen LogP contribution in [0.4, 0.5) is 5.69 Å². The molecule has 158 valence electrons. The van der Waals surface area contributed by atoms with Gasteiger partial charge in [-0.25, -0.2) is 4.98 Å². The first-order chi connectivity index (χ1) is 15.1. The van der Waals surface area contributed by atoms with E-state index >= 15 is 0 Å². The van der Waals surface area contributed by atoms with E-state index in [4.69, 9.17) is 9.47 Å². The molecule has 2 heterocycles. The maximum absolute atomic E-state index is 12.3. The molecule has 8 nitrogen and oxygen atoms in total. The number of amides is 1. The molecule has 0 aliphatic rings. The third kappa shape index (κ3) is 4.72. The van der Waals surface area contributed by atoms with Gasteiger partial charge in [0, 0.05) is 17.3 Å². The highest BCUT2D eigenvalue weighted by molar-refractivity contribution is 7.16. The molecule has 0 saturated heterocycles. The topological polar surface area (TPSA) is 94.8 Å². The fourth-order valence-electron chi connectivity index (χ4n) is 2.85. The van der Waals surface area contributed by atoms with Crippen molar-refractivity contribution in [3.05, 3.63) is 81.2 Å². The average Bonchev–Trinajstić information content (AvgIpc) is 3.23. The number of benzene rings is 2. The van der Waals surface area contributed by atoms with Crippen LogP contribution in [-0.4, -0.2) is 27.6 Å². The van der Waals surface area contributed by atoms with Crippen LogP contribution in [0.2, 0.25) is 0 Å². The van der Waals surface area contributed by atoms with Gasteiger partial charge in [0.2, 0.25) is 4.96 Å². The standard InChI is InChI=1S/C22H20N4O4S/c1-3-19-25-26-20(27)12-16(24-22(26)31-19)13-30-18-10-6-15(7-11-18)23-21(28)14-4-8-17(29-2)9-5-14/h4-12H,3,13H2,1-2H3,(H,23,28). The highest BCUT2D eigenvalue weighted by atomic mass is 32.1. The first kappa shape index (κ1) is 20.5. The monoisotopic (exact) mass is 436 g/mol. The Morgan fingerprint density at radius 1 is 1.10 bits per heavy atom. The summed E-state index contributed by atoms with van der Waals surface area (Å²) in [7, 11) is 1.58. The molecule has 0 fully saturated rings. The van der Waals surface area contributed by atoms with Gasteiger partial charge >= 0.3 is 0 Å². The van der Waals surface area contributed by atoms with Gasteiger partial charge in [-0.1, -0.05) is 18.3 Å². The van der Waals surface area contributed by atoms with Crippen molar-refractivity contribution < 1.29 is 14.3 Å². The Morgan fingerprint density at radius 2 is 1.81 bits per heavy atom. The summed E-state index contributed by atoms with van der Waals surface area (Å²) in [4.78, 5) is 29.6. The number of rotatable bonds is 7. The number of ether oxygens (including phenoxy) is 2. The van der Waals surface area contributed by atoms with Gasteiger partial charge in [-0.15, -0.1) is 0 Å². The molecule has 1 N–H and O–H groups in total. The lowest BCUT2D eigenvalue weighted by molar-refractivity contribution is 0.102. The largest absolute Gasteiger partial charge is 0.497 e. The third-order valence-electron chi connectivity index (χ3n) is 4.49. The molecule has 4 aromatic rings. The van der Waals surface area contributed by atoms with Gasteiger partial charge in [-0.2, -0.15) is 9.61 Å². The van der Waals surface area contributed by atoms with Crippen molar-refractivity contribution in [1.29, 1.82) is 0 Å². The number of fused-ring (bicyclic) bond motifs is 1.